The zero-order chi connectivity index (χ0) is 15.7. The Labute approximate surface area is 129 Å². The number of nitrogens with one attached hydrogen (secondary N) is 3. The monoisotopic (exact) mass is 309 g/mol. The van der Waals surface area contributed by atoms with E-state index >= 15 is 0 Å². The predicted octanol–water partition coefficient (Wildman–Crippen LogP) is 1.20. The summed E-state index contributed by atoms with van der Waals surface area (Å²) in [5, 5.41) is 2.50. The van der Waals surface area contributed by atoms with E-state index in [-0.39, 0.29) is 17.6 Å². The van der Waals surface area contributed by atoms with E-state index < -0.39 is 5.91 Å². The van der Waals surface area contributed by atoms with Gasteiger partial charge in [-0.25, -0.2) is 0 Å². The number of carbonyl (C=O) groups excluding carboxylic acids is 2. The molecule has 1 rings (SSSR count). The lowest BCUT2D eigenvalue weighted by atomic mass is 10.2. The van der Waals surface area contributed by atoms with Gasteiger partial charge in [-0.15, -0.1) is 0 Å². The van der Waals surface area contributed by atoms with Crippen LogP contribution in [0.25, 0.3) is 0 Å². The molecule has 0 aliphatic carbocycles. The Morgan fingerprint density at radius 3 is 2.67 bits per heavy atom. The maximum absolute atomic E-state index is 11.5. The number of thiocarbonyl (C=S) groups is 1. The molecule has 1 aromatic carbocycles. The smallest absolute Gasteiger partial charge is 0.276 e. The number of aryl methyl sites for hydroxylation is 1. The molecule has 1 aromatic rings. The normalized spacial score (nSPS) is 9.62. The molecular formula is C14H19N3O3S. The third kappa shape index (κ3) is 7.26. The maximum atomic E-state index is 11.5. The second-order valence-corrected chi connectivity index (χ2v) is 4.81. The van der Waals surface area contributed by atoms with Crippen LogP contribution in [0.5, 0.6) is 5.75 Å². The molecule has 0 aromatic heterocycles. The molecule has 0 heterocycles. The van der Waals surface area contributed by atoms with Gasteiger partial charge in [0.1, 0.15) is 5.75 Å². The van der Waals surface area contributed by atoms with Gasteiger partial charge in [-0.2, -0.15) is 0 Å². The first-order valence-electron chi connectivity index (χ1n) is 6.59. The highest BCUT2D eigenvalue weighted by Gasteiger charge is 2.06. The molecule has 0 unspecified atom stereocenters. The Kier molecular flexibility index (Phi) is 7.17. The first-order valence-corrected chi connectivity index (χ1v) is 7.00. The van der Waals surface area contributed by atoms with Crippen LogP contribution >= 0.6 is 12.2 Å². The number of hydrogen-bond donors (Lipinski definition) is 3. The molecule has 2 amide bonds. The Hall–Kier alpha value is -2.15. The van der Waals surface area contributed by atoms with E-state index in [1.165, 1.54) is 0 Å². The topological polar surface area (TPSA) is 79.5 Å². The zero-order valence-corrected chi connectivity index (χ0v) is 12.9. The predicted molar refractivity (Wildman–Crippen MR) is 83.6 cm³/mol. The van der Waals surface area contributed by atoms with E-state index in [1.807, 2.05) is 32.0 Å². The Bertz CT molecular complexity index is 520. The summed E-state index contributed by atoms with van der Waals surface area (Å²) in [6.45, 7) is 3.67. The molecule has 3 N–H and O–H groups in total. The summed E-state index contributed by atoms with van der Waals surface area (Å²) in [6, 6.07) is 7.38. The molecule has 114 valence electrons. The highest BCUT2D eigenvalue weighted by Crippen LogP contribution is 2.11. The average molecular weight is 309 g/mol. The summed E-state index contributed by atoms with van der Waals surface area (Å²) in [5.74, 6) is 0.0211. The quantitative estimate of drug-likeness (QED) is 0.562. The molecule has 0 radical (unpaired) electrons. The summed E-state index contributed by atoms with van der Waals surface area (Å²) in [6.07, 6.45) is 1.11. The van der Waals surface area contributed by atoms with Gasteiger partial charge in [-0.05, 0) is 43.3 Å². The van der Waals surface area contributed by atoms with Crippen LogP contribution < -0.4 is 20.9 Å². The minimum absolute atomic E-state index is 0.0531. The third-order valence-corrected chi connectivity index (χ3v) is 2.61. The molecule has 6 nitrogen and oxygen atoms in total. The molecule has 0 saturated carbocycles. The average Bonchev–Trinajstić information content (AvgIpc) is 2.43. The van der Waals surface area contributed by atoms with E-state index in [9.17, 15) is 9.59 Å². The zero-order valence-electron chi connectivity index (χ0n) is 12.1. The molecule has 0 aliphatic heterocycles. The molecule has 0 saturated heterocycles. The molecule has 0 aliphatic rings. The van der Waals surface area contributed by atoms with Crippen LogP contribution in [-0.4, -0.2) is 23.5 Å². The number of benzene rings is 1. The van der Waals surface area contributed by atoms with Gasteiger partial charge in [0.25, 0.3) is 5.91 Å². The van der Waals surface area contributed by atoms with Gasteiger partial charge < -0.3 is 10.1 Å². The highest BCUT2D eigenvalue weighted by molar-refractivity contribution is 7.80. The first kappa shape index (κ1) is 16.9. The second-order valence-electron chi connectivity index (χ2n) is 4.41. The lowest BCUT2D eigenvalue weighted by Crippen LogP contribution is -2.49. The Morgan fingerprint density at radius 2 is 2.00 bits per heavy atom. The van der Waals surface area contributed by atoms with Gasteiger partial charge >= 0.3 is 0 Å². The fraction of sp³-hybridized carbons (Fsp3) is 0.357. The summed E-state index contributed by atoms with van der Waals surface area (Å²) < 4.78 is 5.32. The lowest BCUT2D eigenvalue weighted by Gasteiger charge is -2.11. The van der Waals surface area contributed by atoms with Gasteiger partial charge in [0.05, 0.1) is 0 Å². The number of carbonyl (C=O) groups is 2. The van der Waals surface area contributed by atoms with Crippen LogP contribution in [0.2, 0.25) is 0 Å². The summed E-state index contributed by atoms with van der Waals surface area (Å²) in [7, 11) is 0. The van der Waals surface area contributed by atoms with Crippen molar-refractivity contribution in [1.82, 2.24) is 16.2 Å². The number of ether oxygens (including phenoxy) is 1. The standard InChI is InChI=1S/C14H19N3O3S/c1-3-5-12(18)15-14(21)17-16-13(19)9-20-11-7-4-6-10(2)8-11/h4,6-8H,3,5,9H2,1-2H3,(H,16,19)(H2,15,17,18,21). The van der Waals surface area contributed by atoms with Crippen molar-refractivity contribution in [2.24, 2.45) is 0 Å². The third-order valence-electron chi connectivity index (χ3n) is 2.40. The van der Waals surface area contributed by atoms with Crippen LogP contribution in [0.15, 0.2) is 24.3 Å². The molecule has 0 fully saturated rings. The van der Waals surface area contributed by atoms with Gasteiger partial charge in [0.15, 0.2) is 11.7 Å². The number of amides is 2. The van der Waals surface area contributed by atoms with Crippen LogP contribution in [0, 0.1) is 6.92 Å². The van der Waals surface area contributed by atoms with Crippen molar-refractivity contribution in [2.75, 3.05) is 6.61 Å². The fourth-order valence-corrected chi connectivity index (χ4v) is 1.63. The number of rotatable bonds is 5. The summed E-state index contributed by atoms with van der Waals surface area (Å²) in [5.41, 5.74) is 5.83. The first-order chi connectivity index (χ1) is 10.0. The van der Waals surface area contributed by atoms with Crippen molar-refractivity contribution < 1.29 is 14.3 Å². The molecular weight excluding hydrogens is 290 g/mol. The van der Waals surface area contributed by atoms with E-state index in [4.69, 9.17) is 17.0 Å². The summed E-state index contributed by atoms with van der Waals surface area (Å²) >= 11 is 4.86. The van der Waals surface area contributed by atoms with E-state index in [2.05, 4.69) is 16.2 Å². The molecule has 0 bridgehead atoms. The van der Waals surface area contributed by atoms with Crippen molar-refractivity contribution in [2.45, 2.75) is 26.7 Å². The Balaban J connectivity index is 2.25. The lowest BCUT2D eigenvalue weighted by molar-refractivity contribution is -0.124. The van der Waals surface area contributed by atoms with Crippen molar-refractivity contribution in [3.8, 4) is 5.75 Å². The van der Waals surface area contributed by atoms with Gasteiger partial charge in [0, 0.05) is 6.42 Å². The minimum atomic E-state index is -0.399. The van der Waals surface area contributed by atoms with Crippen molar-refractivity contribution >= 4 is 29.1 Å². The van der Waals surface area contributed by atoms with Gasteiger partial charge in [-0.3, -0.25) is 20.4 Å². The van der Waals surface area contributed by atoms with E-state index in [0.717, 1.165) is 12.0 Å². The molecule has 0 atom stereocenters. The second kappa shape index (κ2) is 8.91. The Morgan fingerprint density at radius 1 is 1.24 bits per heavy atom. The van der Waals surface area contributed by atoms with Gasteiger partial charge in [0.2, 0.25) is 5.91 Å². The summed E-state index contributed by atoms with van der Waals surface area (Å²) in [4.78, 5) is 22.8. The van der Waals surface area contributed by atoms with Gasteiger partial charge in [-0.1, -0.05) is 19.1 Å². The van der Waals surface area contributed by atoms with Crippen molar-refractivity contribution in [3.05, 3.63) is 29.8 Å². The fourth-order valence-electron chi connectivity index (χ4n) is 1.46. The van der Waals surface area contributed by atoms with Crippen LogP contribution in [0.1, 0.15) is 25.3 Å². The molecule has 0 spiro atoms. The SMILES string of the molecule is CCCC(=O)NC(=S)NNC(=O)COc1cccc(C)c1. The van der Waals surface area contributed by atoms with E-state index in [0.29, 0.717) is 12.2 Å². The molecule has 7 heteroatoms. The maximum Gasteiger partial charge on any atom is 0.276 e. The largest absolute Gasteiger partial charge is 0.484 e. The van der Waals surface area contributed by atoms with Crippen LogP contribution in [-0.2, 0) is 9.59 Å². The number of hydrogen-bond acceptors (Lipinski definition) is 4. The van der Waals surface area contributed by atoms with Crippen LogP contribution in [0.4, 0.5) is 0 Å². The molecule has 21 heavy (non-hydrogen) atoms. The van der Waals surface area contributed by atoms with Crippen molar-refractivity contribution in [3.63, 3.8) is 0 Å². The highest BCUT2D eigenvalue weighted by atomic mass is 32.1. The minimum Gasteiger partial charge on any atom is -0.484 e. The van der Waals surface area contributed by atoms with E-state index in [1.54, 1.807) is 6.07 Å². The van der Waals surface area contributed by atoms with Crippen molar-refractivity contribution in [1.29, 1.82) is 0 Å². The number of hydrazine groups is 1. The van der Waals surface area contributed by atoms with Crippen LogP contribution in [0.3, 0.4) is 0 Å².